The predicted molar refractivity (Wildman–Crippen MR) is 60.1 cm³/mol. The molecular formula is C11H10F2N4. The number of hydrogen-bond donors (Lipinski definition) is 2. The minimum atomic E-state index is -0.725. The molecule has 0 bridgehead atoms. The van der Waals surface area contributed by atoms with E-state index in [1.807, 2.05) is 0 Å². The summed E-state index contributed by atoms with van der Waals surface area (Å²) in [4.78, 5) is 7.67. The fraction of sp³-hybridized carbons (Fsp3) is 0.0909. The quantitative estimate of drug-likeness (QED) is 0.799. The number of rotatable bonds is 3. The minimum absolute atomic E-state index is 0.0487. The molecule has 0 aliphatic carbocycles. The molecule has 0 radical (unpaired) electrons. The second kappa shape index (κ2) is 4.73. The zero-order valence-electron chi connectivity index (χ0n) is 8.82. The number of nitrogen functional groups attached to an aromatic ring is 1. The van der Waals surface area contributed by atoms with Crippen LogP contribution in [0.3, 0.4) is 0 Å². The Kier molecular flexibility index (Phi) is 3.13. The maximum atomic E-state index is 13.4. The molecule has 0 saturated heterocycles. The standard InChI is InChI=1S/C11H10F2N4/c12-9-3-7(14)4-10(13)11(9)16-5-8-1-2-15-6-17-8/h1-4,6,16H,5,14H2. The largest absolute Gasteiger partial charge is 0.399 e. The Hall–Kier alpha value is -2.24. The molecule has 0 fully saturated rings. The lowest BCUT2D eigenvalue weighted by atomic mass is 10.2. The van der Waals surface area contributed by atoms with Gasteiger partial charge in [-0.15, -0.1) is 0 Å². The zero-order chi connectivity index (χ0) is 12.3. The molecule has 0 amide bonds. The molecule has 0 spiro atoms. The zero-order valence-corrected chi connectivity index (χ0v) is 8.82. The van der Waals surface area contributed by atoms with Crippen molar-refractivity contribution in [3.8, 4) is 0 Å². The van der Waals surface area contributed by atoms with Gasteiger partial charge in [-0.2, -0.15) is 0 Å². The SMILES string of the molecule is Nc1cc(F)c(NCc2ccncn2)c(F)c1. The molecule has 4 nitrogen and oxygen atoms in total. The van der Waals surface area contributed by atoms with Gasteiger partial charge in [0.05, 0.1) is 12.2 Å². The van der Waals surface area contributed by atoms with Crippen molar-refractivity contribution in [1.82, 2.24) is 9.97 Å². The average molecular weight is 236 g/mol. The molecule has 0 unspecified atom stereocenters. The summed E-state index contributed by atoms with van der Waals surface area (Å²) in [5, 5.41) is 2.63. The number of nitrogens with zero attached hydrogens (tertiary/aromatic N) is 2. The average Bonchev–Trinajstić information content (AvgIpc) is 2.29. The Balaban J connectivity index is 2.15. The number of hydrogen-bond acceptors (Lipinski definition) is 4. The van der Waals surface area contributed by atoms with Gasteiger partial charge in [0.15, 0.2) is 11.6 Å². The Bertz CT molecular complexity index is 493. The fourth-order valence-electron chi connectivity index (χ4n) is 1.36. The van der Waals surface area contributed by atoms with Crippen molar-refractivity contribution >= 4 is 11.4 Å². The van der Waals surface area contributed by atoms with Crippen LogP contribution in [-0.4, -0.2) is 9.97 Å². The maximum Gasteiger partial charge on any atom is 0.151 e. The highest BCUT2D eigenvalue weighted by atomic mass is 19.1. The highest BCUT2D eigenvalue weighted by Gasteiger charge is 2.09. The highest BCUT2D eigenvalue weighted by Crippen LogP contribution is 2.22. The topological polar surface area (TPSA) is 63.8 Å². The number of benzene rings is 1. The molecule has 1 heterocycles. The Morgan fingerprint density at radius 2 is 1.94 bits per heavy atom. The van der Waals surface area contributed by atoms with Crippen molar-refractivity contribution in [3.63, 3.8) is 0 Å². The third-order valence-corrected chi connectivity index (χ3v) is 2.15. The van der Waals surface area contributed by atoms with Gasteiger partial charge in [-0.3, -0.25) is 0 Å². The van der Waals surface area contributed by atoms with E-state index in [1.165, 1.54) is 6.33 Å². The van der Waals surface area contributed by atoms with E-state index in [0.717, 1.165) is 12.1 Å². The second-order valence-corrected chi connectivity index (χ2v) is 3.41. The van der Waals surface area contributed by atoms with Gasteiger partial charge in [0, 0.05) is 11.9 Å². The van der Waals surface area contributed by atoms with Crippen LogP contribution in [0.5, 0.6) is 0 Å². The maximum absolute atomic E-state index is 13.4. The lowest BCUT2D eigenvalue weighted by molar-refractivity contribution is 0.589. The van der Waals surface area contributed by atoms with E-state index in [1.54, 1.807) is 12.3 Å². The first kappa shape index (κ1) is 11.3. The number of nitrogens with one attached hydrogen (secondary N) is 1. The summed E-state index contributed by atoms with van der Waals surface area (Å²) >= 11 is 0. The molecule has 1 aromatic carbocycles. The summed E-state index contributed by atoms with van der Waals surface area (Å²) < 4.78 is 26.8. The van der Waals surface area contributed by atoms with Gasteiger partial charge in [-0.25, -0.2) is 18.7 Å². The molecule has 0 aliphatic heterocycles. The van der Waals surface area contributed by atoms with Crippen LogP contribution in [0.1, 0.15) is 5.69 Å². The Labute approximate surface area is 96.5 Å². The summed E-state index contributed by atoms with van der Waals surface area (Å²) in [6, 6.07) is 3.77. The third kappa shape index (κ3) is 2.66. The minimum Gasteiger partial charge on any atom is -0.399 e. The van der Waals surface area contributed by atoms with Crippen molar-refractivity contribution in [2.75, 3.05) is 11.1 Å². The predicted octanol–water partition coefficient (Wildman–Crippen LogP) is 1.95. The summed E-state index contributed by atoms with van der Waals surface area (Å²) in [6.45, 7) is 0.209. The van der Waals surface area contributed by atoms with E-state index in [2.05, 4.69) is 15.3 Å². The van der Waals surface area contributed by atoms with Crippen LogP contribution < -0.4 is 11.1 Å². The van der Waals surface area contributed by atoms with Gasteiger partial charge in [0.1, 0.15) is 12.0 Å². The van der Waals surface area contributed by atoms with Crippen molar-refractivity contribution in [2.24, 2.45) is 0 Å². The van der Waals surface area contributed by atoms with Crippen LogP contribution in [-0.2, 0) is 6.54 Å². The van der Waals surface area contributed by atoms with E-state index in [0.29, 0.717) is 5.69 Å². The van der Waals surface area contributed by atoms with Crippen LogP contribution in [0.15, 0.2) is 30.7 Å². The molecular weight excluding hydrogens is 226 g/mol. The van der Waals surface area contributed by atoms with Gasteiger partial charge >= 0.3 is 0 Å². The van der Waals surface area contributed by atoms with Gasteiger partial charge in [-0.1, -0.05) is 0 Å². The van der Waals surface area contributed by atoms with E-state index < -0.39 is 11.6 Å². The fourth-order valence-corrected chi connectivity index (χ4v) is 1.36. The Morgan fingerprint density at radius 1 is 1.24 bits per heavy atom. The molecule has 2 aromatic rings. The normalized spacial score (nSPS) is 10.2. The van der Waals surface area contributed by atoms with E-state index in [-0.39, 0.29) is 17.9 Å². The van der Waals surface area contributed by atoms with Crippen molar-refractivity contribution in [3.05, 3.63) is 48.1 Å². The molecule has 0 aliphatic rings. The first-order chi connectivity index (χ1) is 8.16. The smallest absolute Gasteiger partial charge is 0.151 e. The summed E-state index contributed by atoms with van der Waals surface area (Å²) in [7, 11) is 0. The van der Waals surface area contributed by atoms with Crippen LogP contribution in [0, 0.1) is 11.6 Å². The number of halogens is 2. The van der Waals surface area contributed by atoms with E-state index in [9.17, 15) is 8.78 Å². The summed E-state index contributed by atoms with van der Waals surface area (Å²) in [6.07, 6.45) is 2.92. The van der Waals surface area contributed by atoms with Crippen LogP contribution >= 0.6 is 0 Å². The van der Waals surface area contributed by atoms with Crippen molar-refractivity contribution in [1.29, 1.82) is 0 Å². The molecule has 3 N–H and O–H groups in total. The Morgan fingerprint density at radius 3 is 2.53 bits per heavy atom. The monoisotopic (exact) mass is 236 g/mol. The van der Waals surface area contributed by atoms with Gasteiger partial charge < -0.3 is 11.1 Å². The molecule has 0 saturated carbocycles. The molecule has 6 heteroatoms. The summed E-state index contributed by atoms with van der Waals surface area (Å²) in [5.74, 6) is -1.45. The second-order valence-electron chi connectivity index (χ2n) is 3.41. The highest BCUT2D eigenvalue weighted by molar-refractivity contribution is 5.54. The van der Waals surface area contributed by atoms with Crippen molar-refractivity contribution in [2.45, 2.75) is 6.54 Å². The molecule has 1 aromatic heterocycles. The molecule has 2 rings (SSSR count). The number of nitrogens with two attached hydrogens (primary N) is 1. The first-order valence-corrected chi connectivity index (χ1v) is 4.90. The van der Waals surface area contributed by atoms with Gasteiger partial charge in [0.2, 0.25) is 0 Å². The van der Waals surface area contributed by atoms with Crippen LogP contribution in [0.2, 0.25) is 0 Å². The van der Waals surface area contributed by atoms with Crippen LogP contribution in [0.4, 0.5) is 20.2 Å². The lowest BCUT2D eigenvalue weighted by Gasteiger charge is -2.08. The van der Waals surface area contributed by atoms with Crippen molar-refractivity contribution < 1.29 is 8.78 Å². The lowest BCUT2D eigenvalue weighted by Crippen LogP contribution is -2.06. The van der Waals surface area contributed by atoms with Gasteiger partial charge in [0.25, 0.3) is 0 Å². The number of anilines is 2. The molecule has 17 heavy (non-hydrogen) atoms. The third-order valence-electron chi connectivity index (χ3n) is 2.15. The van der Waals surface area contributed by atoms with E-state index >= 15 is 0 Å². The number of aromatic nitrogens is 2. The molecule has 0 atom stereocenters. The van der Waals surface area contributed by atoms with Crippen LogP contribution in [0.25, 0.3) is 0 Å². The summed E-state index contributed by atoms with van der Waals surface area (Å²) in [5.41, 5.74) is 5.78. The van der Waals surface area contributed by atoms with Gasteiger partial charge in [-0.05, 0) is 18.2 Å². The first-order valence-electron chi connectivity index (χ1n) is 4.90. The van der Waals surface area contributed by atoms with E-state index in [4.69, 9.17) is 5.73 Å². The molecule has 88 valence electrons.